The Morgan fingerprint density at radius 2 is 0.511 bits per heavy atom. The monoisotopic (exact) mass is 1380 g/mol. The average molecular weight is 1380 g/mol. The molecular formula is C75H146O17P2. The topological polar surface area (TPSA) is 237 Å². The number of rotatable bonds is 72. The van der Waals surface area contributed by atoms with Crippen molar-refractivity contribution in [2.45, 2.75) is 395 Å². The summed E-state index contributed by atoms with van der Waals surface area (Å²) in [6, 6.07) is 0. The van der Waals surface area contributed by atoms with Gasteiger partial charge < -0.3 is 33.8 Å². The van der Waals surface area contributed by atoms with Crippen LogP contribution in [0.5, 0.6) is 0 Å². The second-order valence-electron chi connectivity index (χ2n) is 28.5. The molecule has 0 aromatic heterocycles. The molecule has 0 aliphatic rings. The van der Waals surface area contributed by atoms with E-state index in [0.717, 1.165) is 114 Å². The maximum Gasteiger partial charge on any atom is 0.472 e. The molecule has 0 aliphatic carbocycles. The zero-order valence-electron chi connectivity index (χ0n) is 61.6. The van der Waals surface area contributed by atoms with E-state index in [-0.39, 0.29) is 25.7 Å². The lowest BCUT2D eigenvalue weighted by molar-refractivity contribution is -0.161. The van der Waals surface area contributed by atoms with Crippen molar-refractivity contribution in [2.24, 2.45) is 23.7 Å². The zero-order valence-corrected chi connectivity index (χ0v) is 63.4. The van der Waals surface area contributed by atoms with Crippen LogP contribution < -0.4 is 0 Å². The van der Waals surface area contributed by atoms with Crippen molar-refractivity contribution in [3.8, 4) is 0 Å². The van der Waals surface area contributed by atoms with E-state index in [0.29, 0.717) is 25.7 Å². The molecule has 0 spiro atoms. The molecule has 558 valence electrons. The lowest BCUT2D eigenvalue weighted by Crippen LogP contribution is -2.30. The number of aliphatic hydroxyl groups excluding tert-OH is 1. The van der Waals surface area contributed by atoms with Gasteiger partial charge in [-0.15, -0.1) is 0 Å². The molecule has 0 fully saturated rings. The van der Waals surface area contributed by atoms with E-state index in [1.54, 1.807) is 0 Å². The van der Waals surface area contributed by atoms with Gasteiger partial charge in [0.2, 0.25) is 0 Å². The number of hydrogen-bond donors (Lipinski definition) is 3. The zero-order chi connectivity index (χ0) is 69.6. The minimum atomic E-state index is -4.96. The van der Waals surface area contributed by atoms with Crippen LogP contribution in [-0.4, -0.2) is 96.7 Å². The fourth-order valence-corrected chi connectivity index (χ4v) is 12.9. The van der Waals surface area contributed by atoms with Gasteiger partial charge in [-0.3, -0.25) is 37.3 Å². The van der Waals surface area contributed by atoms with E-state index in [1.165, 1.54) is 180 Å². The average Bonchev–Trinajstić information content (AvgIpc) is 3.53. The van der Waals surface area contributed by atoms with Crippen molar-refractivity contribution in [1.82, 2.24) is 0 Å². The molecule has 7 atom stereocenters. The summed E-state index contributed by atoms with van der Waals surface area (Å²) in [5.74, 6) is 0.936. The summed E-state index contributed by atoms with van der Waals surface area (Å²) in [7, 11) is -9.91. The molecule has 0 rings (SSSR count). The Balaban J connectivity index is 5.22. The standard InChI is InChI=1S/C75H146O17P2/c1-9-67(7)53-45-37-29-22-19-20-24-32-41-49-57-74(79)91-70(61-85-72(77)55-47-39-30-23-18-16-14-12-11-13-15-17-21-27-35-43-51-65(3)4)63-89-93(81,82)87-59-69(76)60-88-94(83,84)90-64-71(92-75(80)58-50-42-34-33-38-46-54-68(8)10-2)62-86-73(78)56-48-40-31-26-25-28-36-44-52-66(5)6/h65-71,76H,9-64H2,1-8H3,(H,81,82)(H,83,84)/t67?,68?,69?,70-,71-/m1/s1. The van der Waals surface area contributed by atoms with Gasteiger partial charge in [-0.1, -0.05) is 325 Å². The molecule has 0 heterocycles. The molecule has 0 aliphatic heterocycles. The van der Waals surface area contributed by atoms with Crippen LogP contribution in [0.25, 0.3) is 0 Å². The van der Waals surface area contributed by atoms with E-state index in [1.807, 2.05) is 0 Å². The Bertz CT molecular complexity index is 1850. The van der Waals surface area contributed by atoms with Crippen LogP contribution in [0.1, 0.15) is 376 Å². The van der Waals surface area contributed by atoms with Gasteiger partial charge in [-0.05, 0) is 49.4 Å². The molecule has 0 aromatic carbocycles. The molecule has 19 heteroatoms. The molecule has 94 heavy (non-hydrogen) atoms. The van der Waals surface area contributed by atoms with Gasteiger partial charge in [0, 0.05) is 25.7 Å². The minimum absolute atomic E-state index is 0.102. The van der Waals surface area contributed by atoms with Gasteiger partial charge in [0.15, 0.2) is 12.2 Å². The van der Waals surface area contributed by atoms with E-state index in [2.05, 4.69) is 55.4 Å². The van der Waals surface area contributed by atoms with Crippen LogP contribution in [0.2, 0.25) is 0 Å². The Kier molecular flexibility index (Phi) is 63.1. The minimum Gasteiger partial charge on any atom is -0.462 e. The first kappa shape index (κ1) is 92.1. The van der Waals surface area contributed by atoms with E-state index in [4.69, 9.17) is 37.0 Å². The number of phosphoric ester groups is 2. The second-order valence-corrected chi connectivity index (χ2v) is 31.4. The summed E-state index contributed by atoms with van der Waals surface area (Å²) in [6.45, 7) is 14.2. The third-order valence-electron chi connectivity index (χ3n) is 18.0. The van der Waals surface area contributed by atoms with Crippen molar-refractivity contribution in [3.05, 3.63) is 0 Å². The summed E-state index contributed by atoms with van der Waals surface area (Å²) < 4.78 is 68.4. The maximum atomic E-state index is 13.1. The molecule has 0 saturated carbocycles. The van der Waals surface area contributed by atoms with Crippen molar-refractivity contribution in [1.29, 1.82) is 0 Å². The summed E-state index contributed by atoms with van der Waals surface area (Å²) >= 11 is 0. The van der Waals surface area contributed by atoms with Gasteiger partial charge >= 0.3 is 39.5 Å². The number of hydrogen-bond acceptors (Lipinski definition) is 15. The smallest absolute Gasteiger partial charge is 0.462 e. The Morgan fingerprint density at radius 1 is 0.298 bits per heavy atom. The molecule has 0 amide bonds. The second kappa shape index (κ2) is 64.4. The quantitative estimate of drug-likeness (QED) is 0.0222. The lowest BCUT2D eigenvalue weighted by atomic mass is 9.99. The van der Waals surface area contributed by atoms with Gasteiger partial charge in [0.1, 0.15) is 19.3 Å². The predicted octanol–water partition coefficient (Wildman–Crippen LogP) is 21.7. The Morgan fingerprint density at radius 3 is 0.755 bits per heavy atom. The molecule has 0 radical (unpaired) electrons. The van der Waals surface area contributed by atoms with Gasteiger partial charge in [-0.25, -0.2) is 9.13 Å². The van der Waals surface area contributed by atoms with E-state index in [9.17, 15) is 43.2 Å². The third kappa shape index (κ3) is 66.0. The van der Waals surface area contributed by atoms with Crippen LogP contribution in [0.4, 0.5) is 0 Å². The normalized spacial score (nSPS) is 14.7. The molecule has 0 saturated heterocycles. The predicted molar refractivity (Wildman–Crippen MR) is 381 cm³/mol. The van der Waals surface area contributed by atoms with Crippen LogP contribution in [-0.2, 0) is 65.4 Å². The van der Waals surface area contributed by atoms with Gasteiger partial charge in [0.05, 0.1) is 26.4 Å². The first-order chi connectivity index (χ1) is 45.2. The number of phosphoric acid groups is 2. The Hall–Kier alpha value is -1.94. The number of carbonyl (C=O) groups excluding carboxylic acids is 4. The number of ether oxygens (including phenoxy) is 4. The van der Waals surface area contributed by atoms with Crippen molar-refractivity contribution < 1.29 is 80.2 Å². The summed E-state index contributed by atoms with van der Waals surface area (Å²) in [6.07, 6.45) is 48.6. The molecule has 17 nitrogen and oxygen atoms in total. The third-order valence-corrected chi connectivity index (χ3v) is 19.9. The highest BCUT2D eigenvalue weighted by molar-refractivity contribution is 7.47. The molecule has 0 aromatic rings. The molecule has 3 N–H and O–H groups in total. The fraction of sp³-hybridized carbons (Fsp3) is 0.947. The van der Waals surface area contributed by atoms with Crippen LogP contribution in [0.15, 0.2) is 0 Å². The molecular weight excluding hydrogens is 1230 g/mol. The van der Waals surface area contributed by atoms with Crippen LogP contribution in [0.3, 0.4) is 0 Å². The summed E-state index contributed by atoms with van der Waals surface area (Å²) in [4.78, 5) is 72.7. The summed E-state index contributed by atoms with van der Waals surface area (Å²) in [5, 5.41) is 10.6. The first-order valence-electron chi connectivity index (χ1n) is 38.8. The number of unbranched alkanes of at least 4 members (excludes halogenated alkanes) is 36. The number of aliphatic hydroxyl groups is 1. The van der Waals surface area contributed by atoms with Crippen molar-refractivity contribution in [2.75, 3.05) is 39.6 Å². The van der Waals surface area contributed by atoms with Crippen molar-refractivity contribution in [3.63, 3.8) is 0 Å². The van der Waals surface area contributed by atoms with Gasteiger partial charge in [-0.2, -0.15) is 0 Å². The van der Waals surface area contributed by atoms with Crippen LogP contribution in [0, 0.1) is 23.7 Å². The number of carbonyl (C=O) groups is 4. The molecule has 0 bridgehead atoms. The maximum absolute atomic E-state index is 13.1. The van der Waals surface area contributed by atoms with Crippen LogP contribution >= 0.6 is 15.6 Å². The van der Waals surface area contributed by atoms with E-state index < -0.39 is 97.5 Å². The fourth-order valence-electron chi connectivity index (χ4n) is 11.3. The Labute approximate surface area is 575 Å². The SMILES string of the molecule is CCC(C)CCCCCCCCCCCCC(=O)O[C@H](COC(=O)CCCCCCCCCCCCCCCCCCC(C)C)COP(=O)(O)OCC(O)COP(=O)(O)OC[C@@H](COC(=O)CCCCCCCCCCC(C)C)OC(=O)CCCCCCCCC(C)CC. The molecule has 5 unspecified atom stereocenters. The highest BCUT2D eigenvalue weighted by atomic mass is 31.2. The lowest BCUT2D eigenvalue weighted by Gasteiger charge is -2.21. The van der Waals surface area contributed by atoms with Gasteiger partial charge in [0.25, 0.3) is 0 Å². The van der Waals surface area contributed by atoms with Crippen molar-refractivity contribution >= 4 is 39.5 Å². The summed E-state index contributed by atoms with van der Waals surface area (Å²) in [5.41, 5.74) is 0. The largest absolute Gasteiger partial charge is 0.472 e. The van der Waals surface area contributed by atoms with E-state index >= 15 is 0 Å². The first-order valence-corrected chi connectivity index (χ1v) is 41.8. The highest BCUT2D eigenvalue weighted by Gasteiger charge is 2.30. The highest BCUT2D eigenvalue weighted by Crippen LogP contribution is 2.45. The number of esters is 4.